The Morgan fingerprint density at radius 3 is 2.68 bits per heavy atom. The number of hydrogen-bond acceptors (Lipinski definition) is 4. The molecule has 0 bridgehead atoms. The Morgan fingerprint density at radius 1 is 1.27 bits per heavy atom. The number of nitrogens with one attached hydrogen (secondary N) is 1. The van der Waals surface area contributed by atoms with Crippen LogP contribution in [0.5, 0.6) is 0 Å². The number of rotatable bonds is 1. The number of carbonyl (C=O) groups is 1. The van der Waals surface area contributed by atoms with E-state index >= 15 is 0 Å². The highest BCUT2D eigenvalue weighted by Crippen LogP contribution is 2.30. The maximum absolute atomic E-state index is 12.8. The van der Waals surface area contributed by atoms with Gasteiger partial charge in [0, 0.05) is 13.1 Å². The molecule has 0 aliphatic carbocycles. The molecule has 1 amide bonds. The number of alkyl halides is 3. The SMILES string of the molecule is CC1(C(=O)N2CCn3c(nnc3C(F)(F)F)C2)CCCCN1. The third kappa shape index (κ3) is 2.57. The van der Waals surface area contributed by atoms with Gasteiger partial charge in [-0.25, -0.2) is 0 Å². The Labute approximate surface area is 125 Å². The monoisotopic (exact) mass is 317 g/mol. The second kappa shape index (κ2) is 5.22. The highest BCUT2D eigenvalue weighted by molar-refractivity contribution is 5.86. The zero-order chi connectivity index (χ0) is 16.0. The van der Waals surface area contributed by atoms with Gasteiger partial charge in [0.25, 0.3) is 0 Å². The molecule has 0 saturated carbocycles. The molecule has 0 spiro atoms. The van der Waals surface area contributed by atoms with Gasteiger partial charge in [-0.2, -0.15) is 13.2 Å². The fourth-order valence-electron chi connectivity index (χ4n) is 3.13. The van der Waals surface area contributed by atoms with Crippen LogP contribution in [0.1, 0.15) is 37.8 Å². The Bertz CT molecular complexity index is 577. The standard InChI is InChI=1S/C13H18F3N5O/c1-12(4-2-3-5-17-12)11(22)20-6-7-21-9(8-20)18-19-10(21)13(14,15)16/h17H,2-8H2,1H3. The normalized spacial score (nSPS) is 25.9. The largest absolute Gasteiger partial charge is 0.451 e. The van der Waals surface area contributed by atoms with Gasteiger partial charge < -0.3 is 14.8 Å². The number of carbonyl (C=O) groups excluding carboxylic acids is 1. The van der Waals surface area contributed by atoms with E-state index in [4.69, 9.17) is 0 Å². The number of amides is 1. The van der Waals surface area contributed by atoms with Crippen LogP contribution >= 0.6 is 0 Å². The summed E-state index contributed by atoms with van der Waals surface area (Å²) in [6.45, 7) is 3.02. The zero-order valence-electron chi connectivity index (χ0n) is 12.3. The highest BCUT2D eigenvalue weighted by Gasteiger charge is 2.42. The third-order valence-electron chi connectivity index (χ3n) is 4.38. The van der Waals surface area contributed by atoms with Crippen molar-refractivity contribution in [3.63, 3.8) is 0 Å². The molecule has 9 heteroatoms. The Hall–Kier alpha value is -1.64. The van der Waals surface area contributed by atoms with Crippen LogP contribution in [-0.4, -0.2) is 44.2 Å². The number of hydrogen-bond donors (Lipinski definition) is 1. The number of halogens is 3. The van der Waals surface area contributed by atoms with Crippen molar-refractivity contribution in [2.45, 2.75) is 51.0 Å². The van der Waals surface area contributed by atoms with Crippen LogP contribution in [0.2, 0.25) is 0 Å². The van der Waals surface area contributed by atoms with E-state index in [0.29, 0.717) is 0 Å². The van der Waals surface area contributed by atoms with Gasteiger partial charge in [-0.3, -0.25) is 4.79 Å². The van der Waals surface area contributed by atoms with Crippen molar-refractivity contribution in [1.29, 1.82) is 0 Å². The molecule has 1 unspecified atom stereocenters. The van der Waals surface area contributed by atoms with Gasteiger partial charge >= 0.3 is 6.18 Å². The number of aromatic nitrogens is 3. The number of fused-ring (bicyclic) bond motifs is 1. The van der Waals surface area contributed by atoms with Gasteiger partial charge in [-0.1, -0.05) is 0 Å². The van der Waals surface area contributed by atoms with Crippen molar-refractivity contribution in [2.24, 2.45) is 0 Å². The Kier molecular flexibility index (Phi) is 3.62. The molecule has 2 aliphatic rings. The molecule has 3 heterocycles. The molecule has 1 aromatic heterocycles. The van der Waals surface area contributed by atoms with Crippen molar-refractivity contribution >= 4 is 5.91 Å². The van der Waals surface area contributed by atoms with Gasteiger partial charge in [0.2, 0.25) is 11.7 Å². The summed E-state index contributed by atoms with van der Waals surface area (Å²) in [6, 6.07) is 0. The van der Waals surface area contributed by atoms with Crippen molar-refractivity contribution in [1.82, 2.24) is 25.0 Å². The van der Waals surface area contributed by atoms with Crippen LogP contribution in [0.3, 0.4) is 0 Å². The summed E-state index contributed by atoms with van der Waals surface area (Å²) in [7, 11) is 0. The fourth-order valence-corrected chi connectivity index (χ4v) is 3.13. The second-order valence-corrected chi connectivity index (χ2v) is 6.03. The second-order valence-electron chi connectivity index (χ2n) is 6.03. The molecule has 0 aromatic carbocycles. The smallest absolute Gasteiger partial charge is 0.332 e. The quantitative estimate of drug-likeness (QED) is 0.845. The third-order valence-corrected chi connectivity index (χ3v) is 4.38. The Balaban J connectivity index is 1.77. The van der Waals surface area contributed by atoms with Crippen LogP contribution in [0.4, 0.5) is 13.2 Å². The van der Waals surface area contributed by atoms with E-state index in [1.54, 1.807) is 4.90 Å². The minimum absolute atomic E-state index is 0.0684. The molecule has 6 nitrogen and oxygen atoms in total. The van der Waals surface area contributed by atoms with Crippen LogP contribution in [0.25, 0.3) is 0 Å². The van der Waals surface area contributed by atoms with Gasteiger partial charge in [-0.15, -0.1) is 10.2 Å². The lowest BCUT2D eigenvalue weighted by molar-refractivity contribution is -0.148. The first-order valence-electron chi connectivity index (χ1n) is 7.35. The lowest BCUT2D eigenvalue weighted by Crippen LogP contribution is -2.59. The molecule has 1 fully saturated rings. The first-order valence-corrected chi connectivity index (χ1v) is 7.35. The van der Waals surface area contributed by atoms with Gasteiger partial charge in [0.05, 0.1) is 12.1 Å². The van der Waals surface area contributed by atoms with E-state index in [1.807, 2.05) is 6.92 Å². The van der Waals surface area contributed by atoms with Gasteiger partial charge in [-0.05, 0) is 32.7 Å². The predicted octanol–water partition coefficient (Wildman–Crippen LogP) is 1.17. The maximum atomic E-state index is 12.8. The summed E-state index contributed by atoms with van der Waals surface area (Å²) >= 11 is 0. The lowest BCUT2D eigenvalue weighted by Gasteiger charge is -2.39. The summed E-state index contributed by atoms with van der Waals surface area (Å²) in [5.74, 6) is -0.877. The summed E-state index contributed by atoms with van der Waals surface area (Å²) in [4.78, 5) is 14.2. The molecule has 0 radical (unpaired) electrons. The topological polar surface area (TPSA) is 63.1 Å². The Morgan fingerprint density at radius 2 is 2.05 bits per heavy atom. The summed E-state index contributed by atoms with van der Waals surface area (Å²) in [6.07, 6.45) is -1.78. The van der Waals surface area contributed by atoms with Gasteiger partial charge in [0.15, 0.2) is 5.82 Å². The summed E-state index contributed by atoms with van der Waals surface area (Å²) in [5, 5.41) is 10.1. The van der Waals surface area contributed by atoms with E-state index in [-0.39, 0.29) is 31.4 Å². The van der Waals surface area contributed by atoms with Gasteiger partial charge in [0.1, 0.15) is 0 Å². The lowest BCUT2D eigenvalue weighted by atomic mass is 9.89. The highest BCUT2D eigenvalue weighted by atomic mass is 19.4. The molecule has 3 rings (SSSR count). The molecule has 1 N–H and O–H groups in total. The summed E-state index contributed by atoms with van der Waals surface area (Å²) in [5.41, 5.74) is -0.632. The van der Waals surface area contributed by atoms with Crippen LogP contribution < -0.4 is 5.32 Å². The zero-order valence-corrected chi connectivity index (χ0v) is 12.3. The molecule has 1 saturated heterocycles. The van der Waals surface area contributed by atoms with Crippen molar-refractivity contribution in [3.8, 4) is 0 Å². The molecular formula is C13H18F3N5O. The first-order chi connectivity index (χ1) is 10.3. The number of piperidine rings is 1. The predicted molar refractivity (Wildman–Crippen MR) is 70.7 cm³/mol. The van der Waals surface area contributed by atoms with Crippen molar-refractivity contribution in [2.75, 3.05) is 13.1 Å². The minimum atomic E-state index is -4.52. The van der Waals surface area contributed by atoms with Crippen LogP contribution in [-0.2, 0) is 24.1 Å². The average Bonchev–Trinajstić information content (AvgIpc) is 2.90. The van der Waals surface area contributed by atoms with E-state index in [0.717, 1.165) is 30.4 Å². The van der Waals surface area contributed by atoms with Crippen LogP contribution in [0, 0.1) is 0 Å². The fraction of sp³-hybridized carbons (Fsp3) is 0.769. The summed E-state index contributed by atoms with van der Waals surface area (Å²) < 4.78 is 39.5. The average molecular weight is 317 g/mol. The first kappa shape index (κ1) is 15.3. The molecule has 1 atom stereocenters. The molecule has 2 aliphatic heterocycles. The maximum Gasteiger partial charge on any atom is 0.451 e. The molecule has 122 valence electrons. The van der Waals surface area contributed by atoms with Crippen molar-refractivity contribution in [3.05, 3.63) is 11.6 Å². The molecular weight excluding hydrogens is 299 g/mol. The minimum Gasteiger partial charge on any atom is -0.332 e. The van der Waals surface area contributed by atoms with E-state index < -0.39 is 17.5 Å². The van der Waals surface area contributed by atoms with E-state index in [2.05, 4.69) is 15.5 Å². The molecule has 22 heavy (non-hydrogen) atoms. The molecule has 1 aromatic rings. The van der Waals surface area contributed by atoms with E-state index in [1.165, 1.54) is 0 Å². The van der Waals surface area contributed by atoms with E-state index in [9.17, 15) is 18.0 Å². The number of nitrogens with zero attached hydrogens (tertiary/aromatic N) is 4. The van der Waals surface area contributed by atoms with Crippen LogP contribution in [0.15, 0.2) is 0 Å². The van der Waals surface area contributed by atoms with Crippen molar-refractivity contribution < 1.29 is 18.0 Å².